The normalized spacial score (nSPS) is 12.8. The molecule has 0 radical (unpaired) electrons. The monoisotopic (exact) mass is 653 g/mol. The summed E-state index contributed by atoms with van der Waals surface area (Å²) >= 11 is 0. The predicted octanol–water partition coefficient (Wildman–Crippen LogP) is 11.7. The number of anilines is 1. The van der Waals surface area contributed by atoms with Crippen molar-refractivity contribution >= 4 is 23.9 Å². The second kappa shape index (κ2) is 23.5. The van der Waals surface area contributed by atoms with E-state index in [1.54, 1.807) is 7.11 Å². The first-order chi connectivity index (χ1) is 23.1. The van der Waals surface area contributed by atoms with Crippen LogP contribution in [0, 0.1) is 23.7 Å². The highest BCUT2D eigenvalue weighted by Gasteiger charge is 2.21. The number of hydrogen-bond acceptors (Lipinski definition) is 4. The predicted molar refractivity (Wildman–Crippen MR) is 210 cm³/mol. The van der Waals surface area contributed by atoms with E-state index in [1.807, 2.05) is 12.1 Å². The Kier molecular flexibility index (Phi) is 19.8. The molecule has 0 atom stereocenters. The van der Waals surface area contributed by atoms with Crippen LogP contribution in [0.15, 0.2) is 91.0 Å². The topological polar surface area (TPSA) is 30.9 Å². The maximum atomic E-state index is 5.69. The van der Waals surface area contributed by atoms with Crippen LogP contribution in [0.25, 0.3) is 18.2 Å². The molecule has 0 spiro atoms. The Morgan fingerprint density at radius 1 is 0.583 bits per heavy atom. The highest BCUT2D eigenvalue weighted by Crippen LogP contribution is 2.29. The highest BCUT2D eigenvalue weighted by molar-refractivity contribution is 5.56. The Morgan fingerprint density at radius 3 is 1.33 bits per heavy atom. The Labute approximate surface area is 293 Å². The molecular formula is C44H63NO3. The van der Waals surface area contributed by atoms with Gasteiger partial charge in [-0.05, 0) is 103 Å². The van der Waals surface area contributed by atoms with Crippen LogP contribution in [-0.4, -0.2) is 40.0 Å². The lowest BCUT2D eigenvalue weighted by Crippen LogP contribution is -2.21. The molecule has 1 fully saturated rings. The number of ether oxygens (including phenoxy) is 3. The molecule has 1 saturated carbocycles. The molecule has 48 heavy (non-hydrogen) atoms. The van der Waals surface area contributed by atoms with Gasteiger partial charge in [-0.1, -0.05) is 114 Å². The fourth-order valence-corrected chi connectivity index (χ4v) is 4.39. The molecular weight excluding hydrogens is 590 g/mol. The largest absolute Gasteiger partial charge is 0.493 e. The molecule has 1 aliphatic rings. The second-order valence-electron chi connectivity index (χ2n) is 13.3. The second-order valence-corrected chi connectivity index (χ2v) is 13.3. The zero-order valence-electron chi connectivity index (χ0n) is 31.3. The van der Waals surface area contributed by atoms with Crippen LogP contribution < -0.4 is 14.4 Å². The summed E-state index contributed by atoms with van der Waals surface area (Å²) in [6, 6.07) is 25.2. The third kappa shape index (κ3) is 18.5. The number of hydrogen-bond donors (Lipinski definition) is 0. The van der Waals surface area contributed by atoms with Crippen molar-refractivity contribution in [1.82, 2.24) is 0 Å². The minimum Gasteiger partial charge on any atom is -0.493 e. The van der Waals surface area contributed by atoms with Gasteiger partial charge in [0.25, 0.3) is 0 Å². The van der Waals surface area contributed by atoms with Crippen molar-refractivity contribution in [3.8, 4) is 11.5 Å². The Hall–Kier alpha value is -3.76. The molecule has 0 heterocycles. The van der Waals surface area contributed by atoms with Crippen molar-refractivity contribution in [2.45, 2.75) is 68.2 Å². The molecule has 4 nitrogen and oxygen atoms in total. The zero-order valence-corrected chi connectivity index (χ0v) is 31.3. The highest BCUT2D eigenvalue weighted by atomic mass is 16.5. The van der Waals surface area contributed by atoms with E-state index in [4.69, 9.17) is 14.2 Å². The molecule has 0 N–H and O–H groups in total. The van der Waals surface area contributed by atoms with E-state index in [1.165, 1.54) is 35.2 Å². The van der Waals surface area contributed by atoms with Gasteiger partial charge in [0.05, 0.1) is 13.2 Å². The molecule has 0 saturated heterocycles. The minimum atomic E-state index is 0.581. The third-order valence-electron chi connectivity index (χ3n) is 7.54. The average Bonchev–Trinajstić information content (AvgIpc) is 3.92. The van der Waals surface area contributed by atoms with E-state index < -0.39 is 0 Å². The van der Waals surface area contributed by atoms with Crippen molar-refractivity contribution in [3.05, 3.63) is 108 Å². The van der Waals surface area contributed by atoms with Gasteiger partial charge < -0.3 is 19.1 Å². The Bertz CT molecular complexity index is 1310. The molecule has 262 valence electrons. The summed E-state index contributed by atoms with van der Waals surface area (Å²) < 4.78 is 16.1. The van der Waals surface area contributed by atoms with Crippen LogP contribution in [0.5, 0.6) is 11.5 Å². The van der Waals surface area contributed by atoms with Gasteiger partial charge in [-0.2, -0.15) is 0 Å². The molecule has 0 aliphatic heterocycles. The van der Waals surface area contributed by atoms with Crippen LogP contribution >= 0.6 is 0 Å². The molecule has 4 heteroatoms. The van der Waals surface area contributed by atoms with Crippen LogP contribution in [0.1, 0.15) is 84.9 Å². The Balaban J connectivity index is 0.000000250. The van der Waals surface area contributed by atoms with Crippen LogP contribution in [0.3, 0.4) is 0 Å². The molecule has 3 aromatic carbocycles. The quantitative estimate of drug-likeness (QED) is 0.144. The van der Waals surface area contributed by atoms with Crippen molar-refractivity contribution < 1.29 is 14.2 Å². The third-order valence-corrected chi connectivity index (χ3v) is 7.54. The molecule has 3 aromatic rings. The number of nitrogens with zero attached hydrogens (tertiary/aromatic N) is 1. The van der Waals surface area contributed by atoms with Gasteiger partial charge in [0, 0.05) is 25.9 Å². The van der Waals surface area contributed by atoms with Gasteiger partial charge in [-0.3, -0.25) is 0 Å². The first kappa shape index (κ1) is 40.4. The van der Waals surface area contributed by atoms with Crippen molar-refractivity contribution in [3.63, 3.8) is 0 Å². The summed E-state index contributed by atoms with van der Waals surface area (Å²) in [6.45, 7) is 21.7. The van der Waals surface area contributed by atoms with E-state index in [0.717, 1.165) is 37.1 Å². The molecule has 0 amide bonds. The zero-order chi connectivity index (χ0) is 35.1. The molecule has 1 aliphatic carbocycles. The number of methoxy groups -OCH3 is 1. The van der Waals surface area contributed by atoms with E-state index in [-0.39, 0.29) is 0 Å². The fourth-order valence-electron chi connectivity index (χ4n) is 4.39. The summed E-state index contributed by atoms with van der Waals surface area (Å²) in [7, 11) is 1.67. The maximum Gasteiger partial charge on any atom is 0.119 e. The van der Waals surface area contributed by atoms with Crippen molar-refractivity contribution in [1.29, 1.82) is 0 Å². The fraction of sp³-hybridized carbons (Fsp3) is 0.455. The SMILES string of the molecule is CC(C)C=Cc1ccc(OCC2CC2)cc1.CCN(CC)c1ccc(C=CC(C)C)cc1.COCCOc1ccc(C=CC(C)C)cc1. The number of benzene rings is 3. The van der Waals surface area contributed by atoms with E-state index in [9.17, 15) is 0 Å². The first-order valence-electron chi connectivity index (χ1n) is 18.0. The van der Waals surface area contributed by atoms with Crippen LogP contribution in [0.4, 0.5) is 5.69 Å². The average molecular weight is 654 g/mol. The summed E-state index contributed by atoms with van der Waals surface area (Å²) in [5, 5.41) is 0. The van der Waals surface area contributed by atoms with E-state index in [0.29, 0.717) is 31.0 Å². The summed E-state index contributed by atoms with van der Waals surface area (Å²) in [6.07, 6.45) is 15.8. The lowest BCUT2D eigenvalue weighted by Gasteiger charge is -2.20. The maximum absolute atomic E-state index is 5.69. The van der Waals surface area contributed by atoms with Crippen molar-refractivity contribution in [2.24, 2.45) is 23.7 Å². The lowest BCUT2D eigenvalue weighted by molar-refractivity contribution is 0.146. The van der Waals surface area contributed by atoms with Crippen molar-refractivity contribution in [2.75, 3.05) is 44.9 Å². The molecule has 4 rings (SSSR count). The van der Waals surface area contributed by atoms with Crippen LogP contribution in [0.2, 0.25) is 0 Å². The molecule has 0 aromatic heterocycles. The standard InChI is InChI=1S/C15H23N.C15H20O.C14H20O2/c1-5-16(6-2)15-11-9-14(10-12-15)8-7-13(3)4;1-12(2)3-4-13-7-9-15(10-8-13)16-11-14-5-6-14;1-12(2)4-5-13-6-8-14(9-7-13)16-11-10-15-3/h7-13H,5-6H2,1-4H3;3-4,7-10,12,14H,5-6,11H2,1-2H3;4-9,12H,10-11H2,1-3H3. The first-order valence-corrected chi connectivity index (χ1v) is 18.0. The van der Waals surface area contributed by atoms with E-state index >= 15 is 0 Å². The van der Waals surface area contributed by atoms with Gasteiger partial charge in [-0.15, -0.1) is 0 Å². The minimum absolute atomic E-state index is 0.581. The summed E-state index contributed by atoms with van der Waals surface area (Å²) in [4.78, 5) is 2.36. The number of allylic oxidation sites excluding steroid dienone is 3. The van der Waals surface area contributed by atoms with E-state index in [2.05, 4.69) is 157 Å². The van der Waals surface area contributed by atoms with Gasteiger partial charge in [0.1, 0.15) is 18.1 Å². The molecule has 0 unspecified atom stereocenters. The molecule has 0 bridgehead atoms. The smallest absolute Gasteiger partial charge is 0.119 e. The van der Waals surface area contributed by atoms with Gasteiger partial charge >= 0.3 is 0 Å². The van der Waals surface area contributed by atoms with Gasteiger partial charge in [-0.25, -0.2) is 0 Å². The summed E-state index contributed by atoms with van der Waals surface area (Å²) in [5.74, 6) is 4.50. The van der Waals surface area contributed by atoms with Gasteiger partial charge in [0.2, 0.25) is 0 Å². The van der Waals surface area contributed by atoms with Crippen LogP contribution in [-0.2, 0) is 4.74 Å². The summed E-state index contributed by atoms with van der Waals surface area (Å²) in [5.41, 5.74) is 5.04. The lowest BCUT2D eigenvalue weighted by atomic mass is 10.1. The number of rotatable bonds is 16. The Morgan fingerprint density at radius 2 is 0.979 bits per heavy atom. The van der Waals surface area contributed by atoms with Gasteiger partial charge in [0.15, 0.2) is 0 Å².